The second-order valence-corrected chi connectivity index (χ2v) is 5.56. The van der Waals surface area contributed by atoms with Gasteiger partial charge in [0.2, 0.25) is 5.91 Å². The molecule has 3 heteroatoms. The maximum Gasteiger partial charge on any atom is 0.234 e. The number of carbonyl (C=O) groups is 1. The fraction of sp³-hybridized carbons (Fsp3) is 0.929. The Morgan fingerprint density at radius 1 is 1.18 bits per heavy atom. The van der Waals surface area contributed by atoms with Crippen LogP contribution in [-0.4, -0.2) is 24.0 Å². The van der Waals surface area contributed by atoms with E-state index in [4.69, 9.17) is 0 Å². The minimum atomic E-state index is 0.144. The van der Waals surface area contributed by atoms with Crippen LogP contribution in [0.2, 0.25) is 0 Å². The van der Waals surface area contributed by atoms with Crippen LogP contribution in [0, 0.1) is 0 Å². The summed E-state index contributed by atoms with van der Waals surface area (Å²) in [7, 11) is 0. The third-order valence-electron chi connectivity index (χ3n) is 3.98. The van der Waals surface area contributed by atoms with Crippen LogP contribution in [-0.2, 0) is 4.79 Å². The third-order valence-corrected chi connectivity index (χ3v) is 3.98. The van der Waals surface area contributed by atoms with Crippen LogP contribution in [0.4, 0.5) is 0 Å². The van der Waals surface area contributed by atoms with Crippen molar-refractivity contribution in [3.8, 4) is 0 Å². The Kier molecular flexibility index (Phi) is 5.96. The van der Waals surface area contributed by atoms with Gasteiger partial charge in [-0.3, -0.25) is 4.79 Å². The monoisotopic (exact) mass is 240 g/mol. The van der Waals surface area contributed by atoms with Crippen molar-refractivity contribution in [2.45, 2.75) is 77.3 Å². The van der Waals surface area contributed by atoms with Crippen molar-refractivity contribution in [2.75, 3.05) is 6.54 Å². The topological polar surface area (TPSA) is 41.1 Å². The summed E-state index contributed by atoms with van der Waals surface area (Å²) in [5, 5.41) is 6.51. The van der Waals surface area contributed by atoms with Crippen LogP contribution in [0.15, 0.2) is 0 Å². The second-order valence-electron chi connectivity index (χ2n) is 5.56. The molecule has 2 N–H and O–H groups in total. The molecule has 0 aliphatic heterocycles. The first kappa shape index (κ1) is 14.5. The molecule has 1 amide bonds. The van der Waals surface area contributed by atoms with Crippen LogP contribution >= 0.6 is 0 Å². The first-order valence-corrected chi connectivity index (χ1v) is 7.14. The Balaban J connectivity index is 2.27. The van der Waals surface area contributed by atoms with Gasteiger partial charge >= 0.3 is 0 Å². The lowest BCUT2D eigenvalue weighted by molar-refractivity contribution is -0.121. The van der Waals surface area contributed by atoms with E-state index in [1.165, 1.54) is 32.1 Å². The van der Waals surface area contributed by atoms with Gasteiger partial charge in [0, 0.05) is 11.6 Å². The fourth-order valence-corrected chi connectivity index (χ4v) is 2.57. The van der Waals surface area contributed by atoms with E-state index in [-0.39, 0.29) is 11.4 Å². The summed E-state index contributed by atoms with van der Waals surface area (Å²) < 4.78 is 0. The van der Waals surface area contributed by atoms with E-state index in [9.17, 15) is 4.79 Å². The summed E-state index contributed by atoms with van der Waals surface area (Å²) in [5.74, 6) is 0.144. The van der Waals surface area contributed by atoms with Crippen LogP contribution in [0.25, 0.3) is 0 Å². The molecular formula is C14H28N2O. The number of hydrogen-bond acceptors (Lipinski definition) is 2. The van der Waals surface area contributed by atoms with Crippen molar-refractivity contribution in [3.63, 3.8) is 0 Å². The van der Waals surface area contributed by atoms with Gasteiger partial charge in [-0.25, -0.2) is 0 Å². The largest absolute Gasteiger partial charge is 0.352 e. The minimum absolute atomic E-state index is 0.144. The maximum atomic E-state index is 11.8. The quantitative estimate of drug-likeness (QED) is 0.749. The van der Waals surface area contributed by atoms with Crippen molar-refractivity contribution < 1.29 is 4.79 Å². The molecule has 3 nitrogen and oxygen atoms in total. The second kappa shape index (κ2) is 7.00. The zero-order valence-corrected chi connectivity index (χ0v) is 11.6. The molecule has 0 atom stereocenters. The molecule has 0 aromatic rings. The van der Waals surface area contributed by atoms with E-state index in [1.807, 2.05) is 0 Å². The molecule has 0 radical (unpaired) electrons. The molecule has 0 unspecified atom stereocenters. The Bertz CT molecular complexity index is 230. The predicted molar refractivity (Wildman–Crippen MR) is 72.0 cm³/mol. The summed E-state index contributed by atoms with van der Waals surface area (Å²) >= 11 is 0. The summed E-state index contributed by atoms with van der Waals surface area (Å²) in [5.41, 5.74) is 0.184. The highest BCUT2D eigenvalue weighted by Crippen LogP contribution is 2.27. The maximum absolute atomic E-state index is 11.8. The van der Waals surface area contributed by atoms with Crippen molar-refractivity contribution in [1.29, 1.82) is 0 Å². The van der Waals surface area contributed by atoms with Crippen LogP contribution in [0.1, 0.15) is 65.7 Å². The Hall–Kier alpha value is -0.570. The molecule has 0 aromatic heterocycles. The van der Waals surface area contributed by atoms with E-state index in [2.05, 4.69) is 31.4 Å². The summed E-state index contributed by atoms with van der Waals surface area (Å²) in [6, 6.07) is 0.337. The molecule has 1 aliphatic carbocycles. The third kappa shape index (κ3) is 5.07. The Labute approximate surface area is 106 Å². The van der Waals surface area contributed by atoms with Crippen molar-refractivity contribution in [2.24, 2.45) is 0 Å². The highest BCUT2D eigenvalue weighted by atomic mass is 16.2. The molecule has 0 spiro atoms. The van der Waals surface area contributed by atoms with E-state index in [0.717, 1.165) is 12.8 Å². The lowest BCUT2D eigenvalue weighted by Crippen LogP contribution is -2.49. The van der Waals surface area contributed by atoms with Gasteiger partial charge in [0.15, 0.2) is 0 Å². The molecule has 0 aromatic carbocycles. The number of amides is 1. The van der Waals surface area contributed by atoms with Crippen molar-refractivity contribution in [1.82, 2.24) is 10.6 Å². The van der Waals surface area contributed by atoms with E-state index >= 15 is 0 Å². The fourth-order valence-electron chi connectivity index (χ4n) is 2.57. The first-order chi connectivity index (χ1) is 8.09. The number of nitrogens with one attached hydrogen (secondary N) is 2. The molecule has 17 heavy (non-hydrogen) atoms. The van der Waals surface area contributed by atoms with Crippen molar-refractivity contribution >= 4 is 5.91 Å². The minimum Gasteiger partial charge on any atom is -0.352 e. The van der Waals surface area contributed by atoms with Gasteiger partial charge in [-0.05, 0) is 32.6 Å². The molecule has 0 bridgehead atoms. The van der Waals surface area contributed by atoms with Crippen molar-refractivity contribution in [3.05, 3.63) is 0 Å². The first-order valence-electron chi connectivity index (χ1n) is 7.14. The van der Waals surface area contributed by atoms with Gasteiger partial charge in [0.1, 0.15) is 0 Å². The smallest absolute Gasteiger partial charge is 0.234 e. The normalized spacial score (nSPS) is 19.3. The molecule has 1 fully saturated rings. The lowest BCUT2D eigenvalue weighted by Gasteiger charge is -2.34. The van der Waals surface area contributed by atoms with Gasteiger partial charge in [0.25, 0.3) is 0 Å². The summed E-state index contributed by atoms with van der Waals surface area (Å²) in [6.45, 7) is 6.94. The van der Waals surface area contributed by atoms with Gasteiger partial charge in [0.05, 0.1) is 6.54 Å². The average molecular weight is 240 g/mol. The number of carbonyl (C=O) groups excluding carboxylic acids is 1. The zero-order chi connectivity index (χ0) is 12.7. The van der Waals surface area contributed by atoms with Crippen LogP contribution in [0.3, 0.4) is 0 Å². The molecule has 1 saturated carbocycles. The van der Waals surface area contributed by atoms with Crippen LogP contribution in [0.5, 0.6) is 0 Å². The highest BCUT2D eigenvalue weighted by molar-refractivity contribution is 5.78. The molecule has 100 valence electrons. The van der Waals surface area contributed by atoms with Crippen LogP contribution < -0.4 is 10.6 Å². The van der Waals surface area contributed by atoms with Gasteiger partial charge < -0.3 is 10.6 Å². The average Bonchev–Trinajstić information content (AvgIpc) is 2.34. The van der Waals surface area contributed by atoms with E-state index < -0.39 is 0 Å². The Morgan fingerprint density at radius 3 is 2.29 bits per heavy atom. The van der Waals surface area contributed by atoms with Gasteiger partial charge in [-0.1, -0.05) is 33.1 Å². The highest BCUT2D eigenvalue weighted by Gasteiger charge is 2.26. The van der Waals surface area contributed by atoms with E-state index in [1.54, 1.807) is 0 Å². The Morgan fingerprint density at radius 2 is 1.76 bits per heavy atom. The summed E-state index contributed by atoms with van der Waals surface area (Å²) in [4.78, 5) is 11.8. The molecule has 1 rings (SSSR count). The SMILES string of the molecule is CCC(CC)NC(=O)CNC1(C)CCCCC1. The molecule has 1 aliphatic rings. The zero-order valence-electron chi connectivity index (χ0n) is 11.6. The standard InChI is InChI=1S/C14H28N2O/c1-4-12(5-2)16-13(17)11-15-14(3)9-7-6-8-10-14/h12,15H,4-11H2,1-3H3,(H,16,17). The summed E-state index contributed by atoms with van der Waals surface area (Å²) in [6.07, 6.45) is 8.35. The number of hydrogen-bond donors (Lipinski definition) is 2. The molecule has 0 heterocycles. The predicted octanol–water partition coefficient (Wildman–Crippen LogP) is 2.60. The molecular weight excluding hydrogens is 212 g/mol. The number of rotatable bonds is 6. The lowest BCUT2D eigenvalue weighted by atomic mass is 9.83. The van der Waals surface area contributed by atoms with Gasteiger partial charge in [-0.2, -0.15) is 0 Å². The van der Waals surface area contributed by atoms with Gasteiger partial charge in [-0.15, -0.1) is 0 Å². The van der Waals surface area contributed by atoms with E-state index in [0.29, 0.717) is 12.6 Å². The molecule has 0 saturated heterocycles.